The lowest BCUT2D eigenvalue weighted by atomic mass is 9.78. The number of hydrogen-bond donors (Lipinski definition) is 0. The molecule has 0 atom stereocenters. The van der Waals surface area contributed by atoms with Crippen molar-refractivity contribution >= 4 is 43.1 Å². The van der Waals surface area contributed by atoms with Gasteiger partial charge in [-0.2, -0.15) is 0 Å². The summed E-state index contributed by atoms with van der Waals surface area (Å²) in [6.07, 6.45) is 0. The molecule has 0 unspecified atom stereocenters. The van der Waals surface area contributed by atoms with Gasteiger partial charge in [0.05, 0.1) is 0 Å². The highest BCUT2D eigenvalue weighted by Crippen LogP contribution is 2.59. The maximum atomic E-state index is 2.44. The van der Waals surface area contributed by atoms with E-state index in [1.54, 1.807) is 0 Å². The summed E-state index contributed by atoms with van der Waals surface area (Å²) in [5, 5.41) is 11.8. The van der Waals surface area contributed by atoms with Gasteiger partial charge in [0.2, 0.25) is 0 Å². The lowest BCUT2D eigenvalue weighted by Gasteiger charge is -2.25. The van der Waals surface area contributed by atoms with Gasteiger partial charge in [0.25, 0.3) is 0 Å². The molecular formula is C44H48. The molecule has 1 aliphatic rings. The van der Waals surface area contributed by atoms with Crippen LogP contribution in [0.2, 0.25) is 0 Å². The minimum atomic E-state index is 1.43. The van der Waals surface area contributed by atoms with E-state index in [9.17, 15) is 0 Å². The smallest absolute Gasteiger partial charge is 0.00114 e. The molecule has 7 rings (SSSR count). The molecule has 6 aromatic rings. The second-order valence-electron chi connectivity index (χ2n) is 14.5. The van der Waals surface area contributed by atoms with Gasteiger partial charge in [0.1, 0.15) is 0 Å². The van der Waals surface area contributed by atoms with E-state index in [2.05, 4.69) is 111 Å². The zero-order valence-corrected chi connectivity index (χ0v) is 30.0. The molecule has 0 N–H and O–H groups in total. The Morgan fingerprint density at radius 2 is 0.341 bits per heavy atom. The van der Waals surface area contributed by atoms with E-state index < -0.39 is 0 Å². The van der Waals surface area contributed by atoms with Crippen molar-refractivity contribution in [2.75, 3.05) is 0 Å². The number of benzene rings is 6. The van der Waals surface area contributed by atoms with Crippen LogP contribution < -0.4 is 0 Å². The second-order valence-corrected chi connectivity index (χ2v) is 14.5. The van der Waals surface area contributed by atoms with Gasteiger partial charge < -0.3 is 0 Å². The fourth-order valence-electron chi connectivity index (χ4n) is 9.62. The first kappa shape index (κ1) is 29.1. The van der Waals surface area contributed by atoms with Gasteiger partial charge in [-0.3, -0.25) is 0 Å². The van der Waals surface area contributed by atoms with Crippen LogP contribution in [0.5, 0.6) is 0 Å². The second kappa shape index (κ2) is 8.97. The Morgan fingerprint density at radius 3 is 0.773 bits per heavy atom. The van der Waals surface area contributed by atoms with Crippen LogP contribution in [-0.4, -0.2) is 0 Å². The van der Waals surface area contributed by atoms with Crippen molar-refractivity contribution in [3.8, 4) is 22.3 Å². The number of rotatable bonds is 0. The molecule has 0 fully saturated rings. The van der Waals surface area contributed by atoms with Crippen LogP contribution in [0.4, 0.5) is 0 Å². The third-order valence-corrected chi connectivity index (χ3v) is 13.1. The van der Waals surface area contributed by atoms with Crippen LogP contribution in [0.1, 0.15) is 89.0 Å². The van der Waals surface area contributed by atoms with Crippen LogP contribution in [0.15, 0.2) is 0 Å². The Labute approximate surface area is 264 Å². The van der Waals surface area contributed by atoms with Crippen molar-refractivity contribution in [2.24, 2.45) is 0 Å². The maximum Gasteiger partial charge on any atom is -0.00114 e. The fourth-order valence-corrected chi connectivity index (χ4v) is 9.62. The van der Waals surface area contributed by atoms with Crippen molar-refractivity contribution in [1.29, 1.82) is 0 Å². The Morgan fingerprint density at radius 1 is 0.136 bits per heavy atom. The summed E-state index contributed by atoms with van der Waals surface area (Å²) in [4.78, 5) is 0. The van der Waals surface area contributed by atoms with Crippen LogP contribution in [0, 0.1) is 111 Å². The summed E-state index contributed by atoms with van der Waals surface area (Å²) in [6.45, 7) is 37.8. The molecule has 0 spiro atoms. The van der Waals surface area contributed by atoms with Gasteiger partial charge in [-0.05, 0) is 265 Å². The molecule has 0 bridgehead atoms. The fraction of sp³-hybridized carbons (Fsp3) is 0.364. The maximum absolute atomic E-state index is 2.44. The van der Waals surface area contributed by atoms with E-state index in [0.29, 0.717) is 0 Å². The van der Waals surface area contributed by atoms with E-state index in [-0.39, 0.29) is 0 Å². The standard InChI is InChI=1S/C44H48/c1-17-18(2)24(8)35-31(15)41-40(30(14)34(35)23(17)7)39-27(11)21(5)26(10)38-37-29(13)28(12)33-22(6)19(3)20(4)25(9)36(33)42(37)32(16)43(41)44(38)39/h1-16H3. The van der Waals surface area contributed by atoms with E-state index >= 15 is 0 Å². The Kier molecular flexibility index (Phi) is 5.93. The van der Waals surface area contributed by atoms with Gasteiger partial charge >= 0.3 is 0 Å². The number of aryl methyl sites for hydroxylation is 10. The normalized spacial score (nSPS) is 12.5. The summed E-state index contributed by atoms with van der Waals surface area (Å²) in [5.74, 6) is 0. The quantitative estimate of drug-likeness (QED) is 0.158. The van der Waals surface area contributed by atoms with Crippen LogP contribution in [0.25, 0.3) is 65.3 Å². The number of hydrogen-bond acceptors (Lipinski definition) is 0. The van der Waals surface area contributed by atoms with Crippen LogP contribution >= 0.6 is 0 Å². The molecule has 0 aromatic heterocycles. The zero-order chi connectivity index (χ0) is 32.2. The van der Waals surface area contributed by atoms with Crippen LogP contribution in [0.3, 0.4) is 0 Å². The van der Waals surface area contributed by atoms with Gasteiger partial charge in [-0.25, -0.2) is 0 Å². The topological polar surface area (TPSA) is 0 Å². The van der Waals surface area contributed by atoms with Gasteiger partial charge in [0, 0.05) is 0 Å². The highest BCUT2D eigenvalue weighted by molar-refractivity contribution is 6.33. The highest BCUT2D eigenvalue weighted by Gasteiger charge is 2.34. The largest absolute Gasteiger partial charge is 0.0444 e. The zero-order valence-electron chi connectivity index (χ0n) is 30.0. The molecule has 0 heteroatoms. The SMILES string of the molecule is Cc1c(C)c(C)c2c(C)c3c(c(C)c2c1C)-c1c(C)c(C)c(C)c2c1c-3c(C)c1c3c(C)c(C)c(C)c(C)c3c(C)c(C)c21. The highest BCUT2D eigenvalue weighted by atomic mass is 14.4. The Hall–Kier alpha value is -3.64. The average Bonchev–Trinajstić information content (AvgIpc) is 3.36. The first-order valence-corrected chi connectivity index (χ1v) is 16.5. The number of fused-ring (bicyclic) bond motifs is 8. The molecule has 224 valence electrons. The van der Waals surface area contributed by atoms with Gasteiger partial charge in [-0.1, -0.05) is 0 Å². The molecular weight excluding hydrogens is 528 g/mol. The molecule has 6 aromatic carbocycles. The lowest BCUT2D eigenvalue weighted by molar-refractivity contribution is 1.24. The van der Waals surface area contributed by atoms with Crippen LogP contribution in [-0.2, 0) is 0 Å². The molecule has 0 aliphatic heterocycles. The molecule has 0 heterocycles. The minimum Gasteiger partial charge on any atom is -0.0444 e. The average molecular weight is 577 g/mol. The van der Waals surface area contributed by atoms with Crippen molar-refractivity contribution in [3.05, 3.63) is 89.0 Å². The molecule has 0 nitrogen and oxygen atoms in total. The van der Waals surface area contributed by atoms with Gasteiger partial charge in [0.15, 0.2) is 0 Å². The predicted octanol–water partition coefficient (Wildman–Crippen LogP) is 12.9. The summed E-state index contributed by atoms with van der Waals surface area (Å²) in [6, 6.07) is 0. The summed E-state index contributed by atoms with van der Waals surface area (Å²) >= 11 is 0. The summed E-state index contributed by atoms with van der Waals surface area (Å²) < 4.78 is 0. The molecule has 0 amide bonds. The Balaban J connectivity index is 1.91. The first-order chi connectivity index (χ1) is 20.6. The first-order valence-electron chi connectivity index (χ1n) is 16.5. The molecule has 0 saturated carbocycles. The van der Waals surface area contributed by atoms with E-state index in [1.165, 1.54) is 154 Å². The lowest BCUT2D eigenvalue weighted by Crippen LogP contribution is -2.02. The van der Waals surface area contributed by atoms with E-state index in [0.717, 1.165) is 0 Å². The third-order valence-electron chi connectivity index (χ3n) is 13.1. The molecule has 44 heavy (non-hydrogen) atoms. The van der Waals surface area contributed by atoms with Gasteiger partial charge in [-0.15, -0.1) is 0 Å². The monoisotopic (exact) mass is 576 g/mol. The summed E-state index contributed by atoms with van der Waals surface area (Å²) in [5.41, 5.74) is 29.0. The van der Waals surface area contributed by atoms with Crippen molar-refractivity contribution in [3.63, 3.8) is 0 Å². The Bertz CT molecular complexity index is 2400. The molecule has 0 saturated heterocycles. The molecule has 1 aliphatic carbocycles. The third kappa shape index (κ3) is 3.06. The summed E-state index contributed by atoms with van der Waals surface area (Å²) in [7, 11) is 0. The van der Waals surface area contributed by atoms with Crippen molar-refractivity contribution in [2.45, 2.75) is 111 Å². The van der Waals surface area contributed by atoms with Crippen molar-refractivity contribution < 1.29 is 0 Å². The van der Waals surface area contributed by atoms with Crippen molar-refractivity contribution in [1.82, 2.24) is 0 Å². The minimum absolute atomic E-state index is 1.43. The predicted molar refractivity (Wildman–Crippen MR) is 197 cm³/mol. The molecule has 0 radical (unpaired) electrons. The van der Waals surface area contributed by atoms with E-state index in [1.807, 2.05) is 0 Å². The van der Waals surface area contributed by atoms with E-state index in [4.69, 9.17) is 0 Å².